The van der Waals surface area contributed by atoms with E-state index in [0.717, 1.165) is 11.1 Å². The lowest BCUT2D eigenvalue weighted by Gasteiger charge is -2.17. The quantitative estimate of drug-likeness (QED) is 0.130. The molecule has 0 saturated heterocycles. The highest BCUT2D eigenvalue weighted by Crippen LogP contribution is 2.33. The van der Waals surface area contributed by atoms with E-state index in [1.54, 1.807) is 47.0 Å². The molecule has 204 valence electrons. The normalized spacial score (nSPS) is 12.2. The lowest BCUT2D eigenvalue weighted by molar-refractivity contribution is -0.144. The number of alkyl halides is 1. The van der Waals surface area contributed by atoms with Crippen molar-refractivity contribution in [3.8, 4) is 11.5 Å². The summed E-state index contributed by atoms with van der Waals surface area (Å²) in [5.41, 5.74) is 5.76. The smallest absolute Gasteiger partial charge is 0.344 e. The zero-order chi connectivity index (χ0) is 28.9. The molecule has 1 N–H and O–H groups in total. The van der Waals surface area contributed by atoms with Crippen LogP contribution in [0.15, 0.2) is 84.8 Å². The van der Waals surface area contributed by atoms with Gasteiger partial charge in [-0.2, -0.15) is 4.39 Å². The Morgan fingerprint density at radius 1 is 1.18 bits per heavy atom. The van der Waals surface area contributed by atoms with Gasteiger partial charge in [-0.1, -0.05) is 25.3 Å². The Balaban J connectivity index is 2.14. The van der Waals surface area contributed by atoms with Crippen LogP contribution in [0.4, 0.5) is 4.39 Å². The van der Waals surface area contributed by atoms with Crippen LogP contribution in [0.5, 0.6) is 11.5 Å². The first-order valence-electron chi connectivity index (χ1n) is 12.2. The molecule has 7 nitrogen and oxygen atoms in total. The molecule has 0 bridgehead atoms. The third-order valence-corrected chi connectivity index (χ3v) is 5.93. The molecule has 3 aromatic rings. The van der Waals surface area contributed by atoms with Crippen molar-refractivity contribution in [2.24, 2.45) is 0 Å². The van der Waals surface area contributed by atoms with E-state index in [0.29, 0.717) is 40.3 Å². The number of aliphatic carboxylic acids is 1. The van der Waals surface area contributed by atoms with Crippen LogP contribution in [-0.2, 0) is 16.0 Å². The lowest BCUT2D eigenvalue weighted by atomic mass is 10.0. The molecule has 0 amide bonds. The number of aromatic nitrogens is 1. The molecule has 0 spiro atoms. The van der Waals surface area contributed by atoms with E-state index >= 15 is 0 Å². The number of fused-ring (bicyclic) bond motifs is 1. The second kappa shape index (κ2) is 11.9. The van der Waals surface area contributed by atoms with Crippen LogP contribution < -0.4 is 9.47 Å². The summed E-state index contributed by atoms with van der Waals surface area (Å²) >= 11 is 0. The molecule has 0 aliphatic carbocycles. The van der Waals surface area contributed by atoms with Crippen LogP contribution in [0.1, 0.15) is 42.4 Å². The summed E-state index contributed by atoms with van der Waals surface area (Å²) in [6.07, 6.45) is 2.44. The van der Waals surface area contributed by atoms with Gasteiger partial charge in [-0.05, 0) is 73.9 Å². The molecule has 0 aliphatic rings. The third kappa shape index (κ3) is 7.06. The summed E-state index contributed by atoms with van der Waals surface area (Å²) in [7, 11) is 1.47. The van der Waals surface area contributed by atoms with E-state index in [4.69, 9.17) is 14.2 Å². The van der Waals surface area contributed by atoms with Crippen LogP contribution in [0.25, 0.3) is 10.9 Å². The SMILES string of the molecule is C=C=C(/C=C\C(=C)OC)C(=O)n1c(C)c(Cc2cccc(O[C@H](C)C(=O)O)c2)c2cc(OC(C)(C)F)ccc21. The molecule has 2 aromatic carbocycles. The van der Waals surface area contributed by atoms with Crippen molar-refractivity contribution in [3.63, 3.8) is 0 Å². The lowest BCUT2D eigenvalue weighted by Crippen LogP contribution is -2.22. The molecule has 8 heteroatoms. The molecule has 1 atom stereocenters. The van der Waals surface area contributed by atoms with Gasteiger partial charge in [0.05, 0.1) is 18.2 Å². The maximum Gasteiger partial charge on any atom is 0.344 e. The Morgan fingerprint density at radius 3 is 2.51 bits per heavy atom. The molecule has 39 heavy (non-hydrogen) atoms. The van der Waals surface area contributed by atoms with E-state index in [1.807, 2.05) is 13.0 Å². The van der Waals surface area contributed by atoms with Crippen molar-refractivity contribution in [2.45, 2.75) is 46.1 Å². The van der Waals surface area contributed by atoms with Crippen LogP contribution in [0, 0.1) is 6.92 Å². The van der Waals surface area contributed by atoms with Gasteiger partial charge >= 0.3 is 5.97 Å². The summed E-state index contributed by atoms with van der Waals surface area (Å²) in [6, 6.07) is 12.1. The highest BCUT2D eigenvalue weighted by Gasteiger charge is 2.23. The van der Waals surface area contributed by atoms with Gasteiger partial charge in [-0.25, -0.2) is 4.79 Å². The van der Waals surface area contributed by atoms with E-state index in [-0.39, 0.29) is 11.5 Å². The number of ether oxygens (including phenoxy) is 3. The molecule has 0 saturated carbocycles. The summed E-state index contributed by atoms with van der Waals surface area (Å²) in [6.45, 7) is 13.3. The zero-order valence-corrected chi connectivity index (χ0v) is 22.7. The van der Waals surface area contributed by atoms with Crippen molar-refractivity contribution in [1.82, 2.24) is 4.57 Å². The fourth-order valence-electron chi connectivity index (χ4n) is 4.05. The van der Waals surface area contributed by atoms with Crippen molar-refractivity contribution >= 4 is 22.8 Å². The molecule has 0 aliphatic heterocycles. The van der Waals surface area contributed by atoms with Crippen molar-refractivity contribution in [2.75, 3.05) is 7.11 Å². The first-order valence-corrected chi connectivity index (χ1v) is 12.2. The number of carboxylic acids is 1. The minimum absolute atomic E-state index is 0.197. The standard InChI is InChI=1S/C31H32FNO6/c1-8-23(13-12-19(2)37-7)29(34)33-20(3)26(27-18-25(14-15-28(27)33)39-31(5,6)32)17-22-10-9-11-24(16-22)38-21(4)30(35)36/h9-16,18,21H,1-2,17H2,3-7H3,(H,35,36)/b13-12-/t21-/m1/s1. The predicted octanol–water partition coefficient (Wildman–Crippen LogP) is 6.54. The van der Waals surface area contributed by atoms with Gasteiger partial charge in [0.1, 0.15) is 17.3 Å². The molecule has 3 rings (SSSR count). The number of carboxylic acid groups (broad SMARTS) is 1. The van der Waals surface area contributed by atoms with Gasteiger partial charge in [0.15, 0.2) is 6.10 Å². The van der Waals surface area contributed by atoms with Gasteiger partial charge in [0, 0.05) is 24.9 Å². The number of hydrogen-bond acceptors (Lipinski definition) is 5. The highest BCUT2D eigenvalue weighted by atomic mass is 19.2. The number of allylic oxidation sites excluding steroid dienone is 3. The van der Waals surface area contributed by atoms with Crippen molar-refractivity contribution in [1.29, 1.82) is 0 Å². The van der Waals surface area contributed by atoms with Crippen molar-refractivity contribution < 1.29 is 33.3 Å². The average molecular weight is 534 g/mol. The largest absolute Gasteiger partial charge is 0.497 e. The van der Waals surface area contributed by atoms with Gasteiger partial charge < -0.3 is 19.3 Å². The maximum absolute atomic E-state index is 14.3. The molecule has 1 heterocycles. The number of halogens is 1. The second-order valence-corrected chi connectivity index (χ2v) is 9.37. The Morgan fingerprint density at radius 2 is 1.90 bits per heavy atom. The highest BCUT2D eigenvalue weighted by molar-refractivity contribution is 6.05. The number of methoxy groups -OCH3 is 1. The van der Waals surface area contributed by atoms with Gasteiger partial charge in [-0.3, -0.25) is 9.36 Å². The number of hydrogen-bond donors (Lipinski definition) is 1. The molecule has 0 unspecified atom stereocenters. The van der Waals surface area contributed by atoms with Gasteiger partial charge in [0.2, 0.25) is 5.85 Å². The van der Waals surface area contributed by atoms with Crippen LogP contribution in [0.3, 0.4) is 0 Å². The third-order valence-electron chi connectivity index (χ3n) is 5.93. The minimum atomic E-state index is -1.90. The minimum Gasteiger partial charge on any atom is -0.497 e. The van der Waals surface area contributed by atoms with Gasteiger partial charge in [-0.15, -0.1) is 5.73 Å². The van der Waals surface area contributed by atoms with E-state index in [2.05, 4.69) is 18.9 Å². The summed E-state index contributed by atoms with van der Waals surface area (Å²) in [5.74, 6) is -2.27. The number of benzene rings is 2. The van der Waals surface area contributed by atoms with E-state index in [1.165, 1.54) is 34.0 Å². The predicted molar refractivity (Wildman–Crippen MR) is 148 cm³/mol. The topological polar surface area (TPSA) is 87.0 Å². The summed E-state index contributed by atoms with van der Waals surface area (Å²) in [4.78, 5) is 24.9. The first-order chi connectivity index (χ1) is 18.3. The zero-order valence-electron chi connectivity index (χ0n) is 22.7. The molecular weight excluding hydrogens is 501 g/mol. The number of nitrogens with zero attached hydrogens (tertiary/aromatic N) is 1. The van der Waals surface area contributed by atoms with Crippen LogP contribution in [0.2, 0.25) is 0 Å². The Hall–Kier alpha value is -4.55. The fraction of sp³-hybridized carbons (Fsp3) is 0.258. The summed E-state index contributed by atoms with van der Waals surface area (Å²) < 4.78 is 31.9. The average Bonchev–Trinajstić information content (AvgIpc) is 3.13. The van der Waals surface area contributed by atoms with E-state index < -0.39 is 17.9 Å². The number of carbonyl (C=O) groups excluding carboxylic acids is 1. The molecule has 1 aromatic heterocycles. The van der Waals surface area contributed by atoms with E-state index in [9.17, 15) is 19.1 Å². The van der Waals surface area contributed by atoms with Crippen LogP contribution in [-0.4, -0.2) is 40.6 Å². The number of carbonyl (C=O) groups is 2. The second-order valence-electron chi connectivity index (χ2n) is 9.37. The first kappa shape index (κ1) is 29.0. The summed E-state index contributed by atoms with van der Waals surface area (Å²) in [5, 5.41) is 9.88. The maximum atomic E-state index is 14.3. The Kier molecular flexibility index (Phi) is 8.84. The Bertz CT molecular complexity index is 1500. The molecule has 0 fully saturated rings. The van der Waals surface area contributed by atoms with Gasteiger partial charge in [0.25, 0.3) is 5.91 Å². The fourth-order valence-corrected chi connectivity index (χ4v) is 4.05. The molecule has 0 radical (unpaired) electrons. The van der Waals surface area contributed by atoms with Crippen LogP contribution >= 0.6 is 0 Å². The molecular formula is C31H32FNO6. The number of rotatable bonds is 11. The Labute approximate surface area is 227 Å². The monoisotopic (exact) mass is 533 g/mol. The van der Waals surface area contributed by atoms with Crippen molar-refractivity contribution in [3.05, 3.63) is 102 Å².